The molecule has 8 nitrogen and oxygen atoms in total. The first-order chi connectivity index (χ1) is 15.8. The van der Waals surface area contributed by atoms with E-state index in [0.717, 1.165) is 0 Å². The number of amides is 1. The Morgan fingerprint density at radius 2 is 1.85 bits per heavy atom. The van der Waals surface area contributed by atoms with E-state index in [9.17, 15) is 18.4 Å². The fraction of sp³-hybridized carbons (Fsp3) is 0.304. The fourth-order valence-corrected chi connectivity index (χ4v) is 3.19. The molecule has 0 bridgehead atoms. The molecule has 2 aromatic heterocycles. The van der Waals surface area contributed by atoms with Crippen LogP contribution in [0.4, 0.5) is 8.78 Å². The van der Waals surface area contributed by atoms with Crippen LogP contribution in [0, 0.1) is 0 Å². The molecule has 0 fully saturated rings. The predicted molar refractivity (Wildman–Crippen MR) is 115 cm³/mol. The number of benzene rings is 1. The smallest absolute Gasteiger partial charge is 0.387 e. The van der Waals surface area contributed by atoms with Crippen LogP contribution in [0.25, 0.3) is 5.82 Å². The van der Waals surface area contributed by atoms with Crippen LogP contribution >= 0.6 is 0 Å². The highest BCUT2D eigenvalue weighted by Gasteiger charge is 2.23. The molecular formula is C23H24F2N4O4. The molecule has 1 amide bonds. The van der Waals surface area contributed by atoms with E-state index in [-0.39, 0.29) is 23.8 Å². The first-order valence-corrected chi connectivity index (χ1v) is 10.2. The average Bonchev–Trinajstić information content (AvgIpc) is 3.24. The summed E-state index contributed by atoms with van der Waals surface area (Å²) in [6.45, 7) is 0.698. The molecule has 3 aromatic rings. The van der Waals surface area contributed by atoms with Gasteiger partial charge >= 0.3 is 12.6 Å². The van der Waals surface area contributed by atoms with Crippen LogP contribution < -0.4 is 4.74 Å². The van der Waals surface area contributed by atoms with E-state index in [2.05, 4.69) is 14.8 Å². The van der Waals surface area contributed by atoms with Crippen molar-refractivity contribution >= 4 is 11.9 Å². The molecule has 0 atom stereocenters. The molecule has 33 heavy (non-hydrogen) atoms. The summed E-state index contributed by atoms with van der Waals surface area (Å²) in [6, 6.07) is 11.3. The number of hydrogen-bond donors (Lipinski definition) is 0. The van der Waals surface area contributed by atoms with Crippen LogP contribution in [0.5, 0.6) is 5.75 Å². The van der Waals surface area contributed by atoms with Crippen LogP contribution in [0.1, 0.15) is 41.4 Å². The molecule has 0 saturated carbocycles. The van der Waals surface area contributed by atoms with Crippen LogP contribution in [-0.4, -0.2) is 51.8 Å². The second kappa shape index (κ2) is 10.7. The first-order valence-electron chi connectivity index (χ1n) is 10.2. The van der Waals surface area contributed by atoms with Gasteiger partial charge in [0, 0.05) is 19.8 Å². The summed E-state index contributed by atoms with van der Waals surface area (Å²) in [7, 11) is 1.55. The Bertz CT molecular complexity index is 1090. The van der Waals surface area contributed by atoms with Crippen LogP contribution in [0.15, 0.2) is 54.9 Å². The summed E-state index contributed by atoms with van der Waals surface area (Å²) >= 11 is 0. The van der Waals surface area contributed by atoms with Gasteiger partial charge in [0.15, 0.2) is 12.4 Å². The van der Waals surface area contributed by atoms with Gasteiger partial charge in [-0.3, -0.25) is 4.79 Å². The van der Waals surface area contributed by atoms with E-state index < -0.39 is 25.1 Å². The second-order valence-corrected chi connectivity index (χ2v) is 7.55. The number of alkyl halides is 2. The number of likely N-dealkylation sites (N-methyl/N-ethyl adjacent to an activating group) is 1. The Balaban J connectivity index is 1.61. The lowest BCUT2D eigenvalue weighted by atomic mass is 10.1. The van der Waals surface area contributed by atoms with Crippen molar-refractivity contribution in [2.45, 2.75) is 32.9 Å². The van der Waals surface area contributed by atoms with Gasteiger partial charge in [-0.25, -0.2) is 14.5 Å². The summed E-state index contributed by atoms with van der Waals surface area (Å²) in [5.74, 6) is -0.520. The fourth-order valence-electron chi connectivity index (χ4n) is 3.19. The van der Waals surface area contributed by atoms with E-state index in [4.69, 9.17) is 4.74 Å². The first kappa shape index (κ1) is 23.8. The highest BCUT2D eigenvalue weighted by molar-refractivity contribution is 5.92. The van der Waals surface area contributed by atoms with E-state index in [1.165, 1.54) is 23.2 Å². The number of carbonyl (C=O) groups excluding carboxylic acids is 2. The number of aromatic nitrogens is 3. The van der Waals surface area contributed by atoms with Gasteiger partial charge in [-0.1, -0.05) is 32.0 Å². The Morgan fingerprint density at radius 1 is 1.12 bits per heavy atom. The Hall–Kier alpha value is -3.82. The van der Waals surface area contributed by atoms with Crippen molar-refractivity contribution in [3.8, 4) is 11.6 Å². The van der Waals surface area contributed by atoms with Crippen molar-refractivity contribution in [2.75, 3.05) is 13.7 Å². The molecule has 0 saturated heterocycles. The standard InChI is InChI=1S/C23H24F2N4O4/c1-15(2)21-18(12-27-29(21)19-6-4-5-11-26-19)22(31)32-14-20(30)28(3)13-16-7-9-17(10-8-16)33-23(24)25/h4-12,15,23H,13-14H2,1-3H3. The summed E-state index contributed by atoms with van der Waals surface area (Å²) < 4.78 is 35.6. The third kappa shape index (κ3) is 6.12. The zero-order valence-electron chi connectivity index (χ0n) is 18.4. The predicted octanol–water partition coefficient (Wildman–Crippen LogP) is 3.81. The molecule has 0 spiro atoms. The number of ether oxygens (including phenoxy) is 2. The van der Waals surface area contributed by atoms with Crippen molar-refractivity contribution in [1.29, 1.82) is 0 Å². The van der Waals surface area contributed by atoms with Crippen LogP contribution in [0.3, 0.4) is 0 Å². The number of pyridine rings is 1. The number of nitrogens with zero attached hydrogens (tertiary/aromatic N) is 4. The molecule has 0 aliphatic carbocycles. The summed E-state index contributed by atoms with van der Waals surface area (Å²) in [5, 5.41) is 4.27. The van der Waals surface area contributed by atoms with E-state index >= 15 is 0 Å². The number of halogens is 2. The quantitative estimate of drug-likeness (QED) is 0.454. The number of esters is 1. The minimum atomic E-state index is -2.90. The molecule has 1 aromatic carbocycles. The molecule has 3 rings (SSSR count). The molecule has 0 aliphatic rings. The van der Waals surface area contributed by atoms with Gasteiger partial charge < -0.3 is 14.4 Å². The van der Waals surface area contributed by atoms with E-state index in [1.54, 1.807) is 42.2 Å². The SMILES string of the molecule is CC(C)c1c(C(=O)OCC(=O)N(C)Cc2ccc(OC(F)F)cc2)cnn1-c1ccccn1. The number of rotatable bonds is 9. The van der Waals surface area contributed by atoms with Crippen LogP contribution in [-0.2, 0) is 16.1 Å². The zero-order valence-corrected chi connectivity index (χ0v) is 18.4. The maximum Gasteiger partial charge on any atom is 0.387 e. The van der Waals surface area contributed by atoms with Gasteiger partial charge in [-0.15, -0.1) is 0 Å². The largest absolute Gasteiger partial charge is 0.452 e. The minimum Gasteiger partial charge on any atom is -0.452 e. The van der Waals surface area contributed by atoms with Crippen molar-refractivity contribution in [1.82, 2.24) is 19.7 Å². The maximum atomic E-state index is 12.7. The van der Waals surface area contributed by atoms with Gasteiger partial charge in [-0.05, 0) is 35.7 Å². The number of hydrogen-bond acceptors (Lipinski definition) is 6. The molecule has 0 N–H and O–H groups in total. The summed E-state index contributed by atoms with van der Waals surface area (Å²) in [4.78, 5) is 30.8. The Labute approximate surface area is 189 Å². The van der Waals surface area contributed by atoms with Crippen molar-refractivity contribution in [2.24, 2.45) is 0 Å². The van der Waals surface area contributed by atoms with E-state index in [0.29, 0.717) is 17.1 Å². The lowest BCUT2D eigenvalue weighted by Crippen LogP contribution is -2.31. The minimum absolute atomic E-state index is 0.0314. The molecule has 0 radical (unpaired) electrons. The highest BCUT2D eigenvalue weighted by atomic mass is 19.3. The zero-order chi connectivity index (χ0) is 24.0. The third-order valence-electron chi connectivity index (χ3n) is 4.76. The summed E-state index contributed by atoms with van der Waals surface area (Å²) in [5.41, 5.74) is 1.60. The Morgan fingerprint density at radius 3 is 2.45 bits per heavy atom. The maximum absolute atomic E-state index is 12.7. The lowest BCUT2D eigenvalue weighted by molar-refractivity contribution is -0.133. The molecule has 2 heterocycles. The number of carbonyl (C=O) groups is 2. The summed E-state index contributed by atoms with van der Waals surface area (Å²) in [6.07, 6.45) is 3.04. The normalized spacial score (nSPS) is 11.0. The van der Waals surface area contributed by atoms with Crippen molar-refractivity contribution in [3.05, 3.63) is 71.7 Å². The Kier molecular flexibility index (Phi) is 7.70. The molecule has 174 valence electrons. The van der Waals surface area contributed by atoms with Crippen molar-refractivity contribution < 1.29 is 27.8 Å². The van der Waals surface area contributed by atoms with E-state index in [1.807, 2.05) is 19.9 Å². The van der Waals surface area contributed by atoms with Gasteiger partial charge in [0.05, 0.1) is 11.9 Å². The van der Waals surface area contributed by atoms with Gasteiger partial charge in [0.2, 0.25) is 0 Å². The van der Waals surface area contributed by atoms with Gasteiger partial charge in [-0.2, -0.15) is 13.9 Å². The third-order valence-corrected chi connectivity index (χ3v) is 4.76. The van der Waals surface area contributed by atoms with Crippen molar-refractivity contribution in [3.63, 3.8) is 0 Å². The monoisotopic (exact) mass is 458 g/mol. The van der Waals surface area contributed by atoms with Crippen LogP contribution in [0.2, 0.25) is 0 Å². The second-order valence-electron chi connectivity index (χ2n) is 7.55. The highest BCUT2D eigenvalue weighted by Crippen LogP contribution is 2.23. The topological polar surface area (TPSA) is 86.5 Å². The van der Waals surface area contributed by atoms with Gasteiger partial charge in [0.25, 0.3) is 5.91 Å². The molecule has 0 aliphatic heterocycles. The average molecular weight is 458 g/mol. The molecule has 10 heteroatoms. The van der Waals surface area contributed by atoms with Gasteiger partial charge in [0.1, 0.15) is 11.3 Å². The molecule has 0 unspecified atom stereocenters. The molecular weight excluding hydrogens is 434 g/mol. The lowest BCUT2D eigenvalue weighted by Gasteiger charge is -2.18.